The van der Waals surface area contributed by atoms with Gasteiger partial charge in [0.25, 0.3) is 0 Å². The maximum absolute atomic E-state index is 13.1. The molecule has 0 aliphatic heterocycles. The van der Waals surface area contributed by atoms with Crippen molar-refractivity contribution in [3.8, 4) is 5.75 Å². The molecule has 1 heterocycles. The van der Waals surface area contributed by atoms with Gasteiger partial charge in [0, 0.05) is 23.3 Å². The van der Waals surface area contributed by atoms with Crippen LogP contribution in [-0.4, -0.2) is 29.1 Å². The van der Waals surface area contributed by atoms with Crippen LogP contribution in [0.3, 0.4) is 0 Å². The van der Waals surface area contributed by atoms with Crippen LogP contribution in [0.2, 0.25) is 0 Å². The molecule has 6 nitrogen and oxygen atoms in total. The van der Waals surface area contributed by atoms with Crippen molar-refractivity contribution < 1.29 is 19.4 Å². The largest absolute Gasteiger partial charge is 0.496 e. The number of carbonyl (C=O) groups excluding carboxylic acids is 1. The lowest BCUT2D eigenvalue weighted by Crippen LogP contribution is -2.24. The fourth-order valence-corrected chi connectivity index (χ4v) is 2.90. The molecule has 0 radical (unpaired) electrons. The number of fused-ring (bicyclic) bond motifs is 1. The average molecular weight is 350 g/mol. The van der Waals surface area contributed by atoms with Gasteiger partial charge in [-0.3, -0.25) is 9.78 Å². The lowest BCUT2D eigenvalue weighted by Gasteiger charge is -2.15. The summed E-state index contributed by atoms with van der Waals surface area (Å²) in [6.07, 6.45) is 2.26. The topological polar surface area (TPSA) is 88.5 Å². The van der Waals surface area contributed by atoms with Crippen molar-refractivity contribution in [3.05, 3.63) is 71.5 Å². The van der Waals surface area contributed by atoms with Gasteiger partial charge in [-0.05, 0) is 36.1 Å². The third-order valence-corrected chi connectivity index (χ3v) is 4.24. The molecule has 0 spiro atoms. The Morgan fingerprint density at radius 3 is 2.69 bits per heavy atom. The minimum absolute atomic E-state index is 0.163. The molecule has 132 valence electrons. The average Bonchev–Trinajstić information content (AvgIpc) is 2.66. The van der Waals surface area contributed by atoms with Crippen molar-refractivity contribution >= 4 is 22.6 Å². The van der Waals surface area contributed by atoms with E-state index < -0.39 is 12.1 Å². The van der Waals surface area contributed by atoms with E-state index in [0.29, 0.717) is 22.4 Å². The van der Waals surface area contributed by atoms with Gasteiger partial charge in [0.2, 0.25) is 0 Å². The summed E-state index contributed by atoms with van der Waals surface area (Å²) < 4.78 is 5.39. The molecular formula is C20H18N2O4. The number of pyridine rings is 1. The molecular weight excluding hydrogens is 332 g/mol. The maximum Gasteiger partial charge on any atom is 0.405 e. The summed E-state index contributed by atoms with van der Waals surface area (Å²) in [5, 5.41) is 12.9. The van der Waals surface area contributed by atoms with E-state index in [1.807, 2.05) is 18.2 Å². The number of ether oxygens (including phenoxy) is 1. The molecule has 0 saturated carbocycles. The van der Waals surface area contributed by atoms with Gasteiger partial charge < -0.3 is 15.2 Å². The molecule has 0 saturated heterocycles. The van der Waals surface area contributed by atoms with Crippen molar-refractivity contribution in [3.63, 3.8) is 0 Å². The second-order valence-electron chi connectivity index (χ2n) is 5.86. The number of hydrogen-bond acceptors (Lipinski definition) is 4. The predicted octanol–water partition coefficient (Wildman–Crippen LogP) is 3.80. The molecule has 0 aliphatic carbocycles. The maximum atomic E-state index is 13.1. The molecule has 1 aromatic heterocycles. The van der Waals surface area contributed by atoms with Crippen LogP contribution in [0.15, 0.2) is 54.9 Å². The molecule has 3 aromatic rings. The van der Waals surface area contributed by atoms with Gasteiger partial charge in [0.1, 0.15) is 5.75 Å². The zero-order chi connectivity index (χ0) is 18.7. The number of nitrogens with zero attached hydrogens (tertiary/aromatic N) is 1. The lowest BCUT2D eigenvalue weighted by atomic mass is 9.96. The molecule has 1 unspecified atom stereocenters. The molecule has 0 aliphatic rings. The SMILES string of the molecule is COc1cc(C(C)NC(=O)O)ccc1C(=O)c1cccc2cnccc12. The predicted molar refractivity (Wildman–Crippen MR) is 97.7 cm³/mol. The molecule has 2 N–H and O–H groups in total. The highest BCUT2D eigenvalue weighted by Gasteiger charge is 2.19. The van der Waals surface area contributed by atoms with Crippen LogP contribution in [0.25, 0.3) is 10.8 Å². The van der Waals surface area contributed by atoms with Gasteiger partial charge in [-0.2, -0.15) is 0 Å². The highest BCUT2D eigenvalue weighted by molar-refractivity contribution is 6.17. The summed E-state index contributed by atoms with van der Waals surface area (Å²) in [7, 11) is 1.48. The number of rotatable bonds is 5. The number of aromatic nitrogens is 1. The first-order valence-electron chi connectivity index (χ1n) is 8.06. The summed E-state index contributed by atoms with van der Waals surface area (Å²) >= 11 is 0. The number of nitrogens with one attached hydrogen (secondary N) is 1. The zero-order valence-corrected chi connectivity index (χ0v) is 14.4. The van der Waals surface area contributed by atoms with E-state index in [-0.39, 0.29) is 5.78 Å². The smallest absolute Gasteiger partial charge is 0.405 e. The Balaban J connectivity index is 2.03. The van der Waals surface area contributed by atoms with Crippen LogP contribution in [0.5, 0.6) is 5.75 Å². The van der Waals surface area contributed by atoms with Crippen LogP contribution in [0, 0.1) is 0 Å². The van der Waals surface area contributed by atoms with Gasteiger partial charge in [0.05, 0.1) is 18.7 Å². The Morgan fingerprint density at radius 2 is 1.96 bits per heavy atom. The summed E-state index contributed by atoms with van der Waals surface area (Å²) in [5.41, 5.74) is 1.69. The van der Waals surface area contributed by atoms with Gasteiger partial charge in [-0.25, -0.2) is 4.79 Å². The minimum atomic E-state index is -1.11. The van der Waals surface area contributed by atoms with E-state index in [4.69, 9.17) is 9.84 Å². The molecule has 0 bridgehead atoms. The molecule has 6 heteroatoms. The Hall–Kier alpha value is -3.41. The highest BCUT2D eigenvalue weighted by Crippen LogP contribution is 2.28. The fraction of sp³-hybridized carbons (Fsp3) is 0.150. The minimum Gasteiger partial charge on any atom is -0.496 e. The first-order chi connectivity index (χ1) is 12.5. The van der Waals surface area contributed by atoms with E-state index in [1.54, 1.807) is 43.6 Å². The molecule has 2 aromatic carbocycles. The summed E-state index contributed by atoms with van der Waals surface area (Å²) in [6.45, 7) is 1.72. The number of amides is 1. The van der Waals surface area contributed by atoms with Crippen LogP contribution < -0.4 is 10.1 Å². The second-order valence-corrected chi connectivity index (χ2v) is 5.86. The molecule has 1 atom stereocenters. The quantitative estimate of drug-likeness (QED) is 0.683. The van der Waals surface area contributed by atoms with E-state index >= 15 is 0 Å². The number of carboxylic acid groups (broad SMARTS) is 1. The van der Waals surface area contributed by atoms with Gasteiger partial charge >= 0.3 is 6.09 Å². The zero-order valence-electron chi connectivity index (χ0n) is 14.4. The molecule has 26 heavy (non-hydrogen) atoms. The van der Waals surface area contributed by atoms with E-state index in [2.05, 4.69) is 10.3 Å². The van der Waals surface area contributed by atoms with Crippen LogP contribution >= 0.6 is 0 Å². The van der Waals surface area contributed by atoms with Crippen molar-refractivity contribution in [1.29, 1.82) is 0 Å². The number of benzene rings is 2. The standard InChI is InChI=1S/C20H18N2O4/c1-12(22-20(24)25)13-6-7-17(18(10-13)26-2)19(23)16-5-3-4-14-11-21-9-8-15(14)16/h3-12,22H,1-2H3,(H,24,25). The third kappa shape index (κ3) is 3.35. The van der Waals surface area contributed by atoms with E-state index in [0.717, 1.165) is 10.8 Å². The van der Waals surface area contributed by atoms with Gasteiger partial charge in [-0.1, -0.05) is 24.3 Å². The van der Waals surface area contributed by atoms with Crippen molar-refractivity contribution in [2.24, 2.45) is 0 Å². The Bertz CT molecular complexity index is 979. The Labute approximate surface area is 150 Å². The van der Waals surface area contributed by atoms with Gasteiger partial charge in [0.15, 0.2) is 5.78 Å². The number of methoxy groups -OCH3 is 1. The van der Waals surface area contributed by atoms with Crippen molar-refractivity contribution in [2.45, 2.75) is 13.0 Å². The number of ketones is 1. The van der Waals surface area contributed by atoms with E-state index in [1.165, 1.54) is 7.11 Å². The summed E-state index contributed by atoms with van der Waals surface area (Å²) in [5.74, 6) is 0.238. The number of hydrogen-bond donors (Lipinski definition) is 2. The molecule has 3 rings (SSSR count). The first kappa shape index (κ1) is 17.4. The highest BCUT2D eigenvalue weighted by atomic mass is 16.5. The van der Waals surface area contributed by atoms with Crippen LogP contribution in [0.1, 0.15) is 34.5 Å². The van der Waals surface area contributed by atoms with Crippen molar-refractivity contribution in [1.82, 2.24) is 10.3 Å². The van der Waals surface area contributed by atoms with Crippen LogP contribution in [-0.2, 0) is 0 Å². The lowest BCUT2D eigenvalue weighted by molar-refractivity contribution is 0.103. The molecule has 1 amide bonds. The van der Waals surface area contributed by atoms with E-state index in [9.17, 15) is 9.59 Å². The number of carbonyl (C=O) groups is 2. The first-order valence-corrected chi connectivity index (χ1v) is 8.06. The summed E-state index contributed by atoms with van der Waals surface area (Å²) in [6, 6.07) is 11.9. The van der Waals surface area contributed by atoms with Crippen LogP contribution in [0.4, 0.5) is 4.79 Å². The van der Waals surface area contributed by atoms with Crippen molar-refractivity contribution in [2.75, 3.05) is 7.11 Å². The molecule has 0 fully saturated rings. The second kappa shape index (κ2) is 7.23. The van der Waals surface area contributed by atoms with Gasteiger partial charge in [-0.15, -0.1) is 0 Å². The Morgan fingerprint density at radius 1 is 1.15 bits per heavy atom. The monoisotopic (exact) mass is 350 g/mol. The summed E-state index contributed by atoms with van der Waals surface area (Å²) in [4.78, 5) is 28.0. The third-order valence-electron chi connectivity index (χ3n) is 4.24. The normalized spacial score (nSPS) is 11.8. The Kier molecular flexibility index (Phi) is 4.84. The fourth-order valence-electron chi connectivity index (χ4n) is 2.90.